The van der Waals surface area contributed by atoms with Gasteiger partial charge in [0, 0.05) is 63.0 Å². The minimum Gasteiger partial charge on any atom is -0.491 e. The van der Waals surface area contributed by atoms with E-state index in [1.54, 1.807) is 37.4 Å². The lowest BCUT2D eigenvalue weighted by atomic mass is 9.72. The highest BCUT2D eigenvalue weighted by molar-refractivity contribution is 6.01. The maximum atomic E-state index is 12.6. The molecule has 0 unspecified atom stereocenters. The van der Waals surface area contributed by atoms with Gasteiger partial charge in [-0.25, -0.2) is 14.8 Å². The third-order valence-corrected chi connectivity index (χ3v) is 7.76. The molecule has 3 amide bonds. The number of amides is 3. The number of methoxy groups -OCH3 is 1. The second-order valence-electron chi connectivity index (χ2n) is 12.1. The molecule has 3 aliphatic rings. The summed E-state index contributed by atoms with van der Waals surface area (Å²) in [6, 6.07) is 3.44. The van der Waals surface area contributed by atoms with Crippen LogP contribution in [0.3, 0.4) is 0 Å². The van der Waals surface area contributed by atoms with E-state index >= 15 is 0 Å². The third-order valence-electron chi connectivity index (χ3n) is 7.76. The van der Waals surface area contributed by atoms with Gasteiger partial charge < -0.3 is 35.2 Å². The Morgan fingerprint density at radius 1 is 1.07 bits per heavy atom. The van der Waals surface area contributed by atoms with Gasteiger partial charge in [0.2, 0.25) is 5.91 Å². The SMILES string of the molecule is CNC(=O)c1cnc(NC(=O)C2CC2)cc1Nc1ccnc(N2CC3(CCN(C(=O)OC(C)(C)C)CC3)C2)c1OC. The number of likely N-dealkylation sites (tertiary alicyclic amines) is 1. The number of carbonyl (C=O) groups is 3. The van der Waals surface area contributed by atoms with Gasteiger partial charge in [0.05, 0.1) is 24.0 Å². The van der Waals surface area contributed by atoms with Crippen LogP contribution in [0.4, 0.5) is 27.8 Å². The van der Waals surface area contributed by atoms with Crippen LogP contribution in [0.25, 0.3) is 0 Å². The number of nitrogens with zero attached hydrogens (tertiary/aromatic N) is 4. The molecule has 0 radical (unpaired) electrons. The Balaban J connectivity index is 1.30. The number of pyridine rings is 2. The number of hydrogen-bond donors (Lipinski definition) is 3. The molecule has 2 aliphatic heterocycles. The van der Waals surface area contributed by atoms with Gasteiger partial charge in [0.15, 0.2) is 11.6 Å². The molecule has 1 saturated carbocycles. The van der Waals surface area contributed by atoms with Crippen molar-refractivity contribution in [3.8, 4) is 5.75 Å². The van der Waals surface area contributed by atoms with Crippen LogP contribution >= 0.6 is 0 Å². The van der Waals surface area contributed by atoms with E-state index in [0.29, 0.717) is 47.4 Å². The second-order valence-corrected chi connectivity index (χ2v) is 12.1. The molecule has 5 rings (SSSR count). The first-order chi connectivity index (χ1) is 19.5. The summed E-state index contributed by atoms with van der Waals surface area (Å²) in [6.07, 6.45) is 6.44. The summed E-state index contributed by atoms with van der Waals surface area (Å²) in [5.41, 5.74) is 1.05. The van der Waals surface area contributed by atoms with Gasteiger partial charge in [-0.3, -0.25) is 9.59 Å². The van der Waals surface area contributed by atoms with E-state index < -0.39 is 5.60 Å². The molecule has 1 spiro atoms. The first-order valence-corrected chi connectivity index (χ1v) is 14.1. The average molecular weight is 566 g/mol. The van der Waals surface area contributed by atoms with E-state index in [1.165, 1.54) is 6.20 Å². The fraction of sp³-hybridized carbons (Fsp3) is 0.552. The van der Waals surface area contributed by atoms with Gasteiger partial charge in [0.1, 0.15) is 11.4 Å². The number of piperidine rings is 1. The molecule has 3 N–H and O–H groups in total. The van der Waals surface area contributed by atoms with Gasteiger partial charge >= 0.3 is 6.09 Å². The van der Waals surface area contributed by atoms with Crippen LogP contribution in [0.5, 0.6) is 5.75 Å². The molecular weight excluding hydrogens is 526 g/mol. The van der Waals surface area contributed by atoms with E-state index in [9.17, 15) is 14.4 Å². The molecule has 41 heavy (non-hydrogen) atoms. The highest BCUT2D eigenvalue weighted by Gasteiger charge is 2.47. The molecular formula is C29H39N7O5. The molecule has 1 aliphatic carbocycles. The first-order valence-electron chi connectivity index (χ1n) is 14.1. The molecule has 0 atom stereocenters. The zero-order valence-corrected chi connectivity index (χ0v) is 24.4. The summed E-state index contributed by atoms with van der Waals surface area (Å²) in [7, 11) is 3.14. The Morgan fingerprint density at radius 2 is 1.78 bits per heavy atom. The zero-order chi connectivity index (χ0) is 29.4. The average Bonchev–Trinajstić information content (AvgIpc) is 3.76. The minimum atomic E-state index is -0.510. The van der Waals surface area contributed by atoms with Crippen molar-refractivity contribution in [3.05, 3.63) is 30.1 Å². The fourth-order valence-electron chi connectivity index (χ4n) is 5.34. The number of aromatic nitrogens is 2. The Kier molecular flexibility index (Phi) is 7.67. The lowest BCUT2D eigenvalue weighted by Crippen LogP contribution is -2.61. The van der Waals surface area contributed by atoms with Gasteiger partial charge in [-0.1, -0.05) is 0 Å². The van der Waals surface area contributed by atoms with Gasteiger partial charge in [-0.2, -0.15) is 0 Å². The highest BCUT2D eigenvalue weighted by Crippen LogP contribution is 2.46. The molecule has 0 aromatic carbocycles. The predicted octanol–water partition coefficient (Wildman–Crippen LogP) is 3.77. The normalized spacial score (nSPS) is 17.9. The Hall–Kier alpha value is -4.09. The topological polar surface area (TPSA) is 138 Å². The summed E-state index contributed by atoms with van der Waals surface area (Å²) in [5, 5.41) is 8.79. The Bertz CT molecular complexity index is 1320. The number of hydrogen-bond acceptors (Lipinski definition) is 9. The minimum absolute atomic E-state index is 0.0269. The molecule has 12 nitrogen and oxygen atoms in total. The van der Waals surface area contributed by atoms with Crippen LogP contribution in [0, 0.1) is 11.3 Å². The number of carbonyl (C=O) groups excluding carboxylic acids is 3. The van der Waals surface area contributed by atoms with E-state index in [0.717, 1.165) is 38.8 Å². The summed E-state index contributed by atoms with van der Waals surface area (Å²) < 4.78 is 11.4. The molecule has 12 heteroatoms. The van der Waals surface area contributed by atoms with Crippen molar-refractivity contribution in [1.29, 1.82) is 0 Å². The lowest BCUT2D eigenvalue weighted by Gasteiger charge is -2.54. The smallest absolute Gasteiger partial charge is 0.410 e. The van der Waals surface area contributed by atoms with Gasteiger partial charge in [-0.15, -0.1) is 0 Å². The first kappa shape index (κ1) is 28.4. The van der Waals surface area contributed by atoms with Crippen molar-refractivity contribution in [1.82, 2.24) is 20.2 Å². The molecule has 220 valence electrons. The van der Waals surface area contributed by atoms with Gasteiger partial charge in [-0.05, 0) is 52.5 Å². The number of anilines is 4. The molecule has 2 saturated heterocycles. The Labute approximate surface area is 240 Å². The molecule has 3 fully saturated rings. The fourth-order valence-corrected chi connectivity index (χ4v) is 5.34. The van der Waals surface area contributed by atoms with Crippen molar-refractivity contribution in [3.63, 3.8) is 0 Å². The molecule has 0 bridgehead atoms. The summed E-state index contributed by atoms with van der Waals surface area (Å²) in [4.78, 5) is 50.3. The van der Waals surface area contributed by atoms with Crippen LogP contribution in [0.2, 0.25) is 0 Å². The van der Waals surface area contributed by atoms with Gasteiger partial charge in [0.25, 0.3) is 5.91 Å². The van der Waals surface area contributed by atoms with Crippen LogP contribution in [0.15, 0.2) is 24.5 Å². The van der Waals surface area contributed by atoms with E-state index in [-0.39, 0.29) is 29.2 Å². The summed E-state index contributed by atoms with van der Waals surface area (Å²) in [5.74, 6) is 1.28. The maximum absolute atomic E-state index is 12.6. The van der Waals surface area contributed by atoms with Crippen molar-refractivity contribution in [2.24, 2.45) is 11.3 Å². The van der Waals surface area contributed by atoms with Crippen molar-refractivity contribution in [2.45, 2.75) is 52.1 Å². The number of nitrogens with one attached hydrogen (secondary N) is 3. The van der Waals surface area contributed by atoms with E-state index in [4.69, 9.17) is 9.47 Å². The maximum Gasteiger partial charge on any atom is 0.410 e. The van der Waals surface area contributed by atoms with Crippen LogP contribution < -0.4 is 25.6 Å². The highest BCUT2D eigenvalue weighted by atomic mass is 16.6. The standard InChI is InChI=1S/C29H39N7O5/c1-28(2,3)41-27(39)35-12-9-29(10-13-35)16-36(17-29)24-23(40-5)20(8-11-31-24)33-21-14-22(34-25(37)18-6-7-18)32-15-19(21)26(38)30-4/h8,11,14-15,18H,6-7,9-10,12-13,16-17H2,1-5H3,(H,30,38)(H2,31,32,33,34,37). The van der Waals surface area contributed by atoms with Crippen molar-refractivity contribution in [2.75, 3.05) is 55.9 Å². The van der Waals surface area contributed by atoms with Crippen LogP contribution in [-0.2, 0) is 9.53 Å². The van der Waals surface area contributed by atoms with E-state index in [2.05, 4.69) is 30.8 Å². The van der Waals surface area contributed by atoms with Crippen molar-refractivity contribution >= 4 is 40.9 Å². The second kappa shape index (κ2) is 11.1. The third kappa shape index (κ3) is 6.31. The van der Waals surface area contributed by atoms with Crippen molar-refractivity contribution < 1.29 is 23.9 Å². The van der Waals surface area contributed by atoms with Crippen LogP contribution in [0.1, 0.15) is 56.8 Å². The summed E-state index contributed by atoms with van der Waals surface area (Å²) in [6.45, 7) is 8.57. The summed E-state index contributed by atoms with van der Waals surface area (Å²) >= 11 is 0. The van der Waals surface area contributed by atoms with Crippen LogP contribution in [-0.4, -0.2) is 78.7 Å². The predicted molar refractivity (Wildman–Crippen MR) is 155 cm³/mol. The Morgan fingerprint density at radius 3 is 2.39 bits per heavy atom. The number of ether oxygens (including phenoxy) is 2. The molecule has 2 aromatic heterocycles. The monoisotopic (exact) mass is 565 g/mol. The quantitative estimate of drug-likeness (QED) is 0.458. The molecule has 2 aromatic rings. The molecule has 4 heterocycles. The van der Waals surface area contributed by atoms with E-state index in [1.807, 2.05) is 20.8 Å². The zero-order valence-electron chi connectivity index (χ0n) is 24.4. The lowest BCUT2D eigenvalue weighted by molar-refractivity contribution is -0.117. The number of rotatable bonds is 7. The largest absolute Gasteiger partial charge is 0.491 e.